The van der Waals surface area contributed by atoms with E-state index in [1.165, 1.54) is 10.1 Å². The predicted octanol–water partition coefficient (Wildman–Crippen LogP) is 3.33. The molecule has 7 heteroatoms. The van der Waals surface area contributed by atoms with E-state index in [2.05, 4.69) is 17.1 Å². The Morgan fingerprint density at radius 3 is 2.75 bits per heavy atom. The van der Waals surface area contributed by atoms with E-state index in [9.17, 15) is 9.59 Å². The van der Waals surface area contributed by atoms with E-state index in [1.807, 2.05) is 30.0 Å². The van der Waals surface area contributed by atoms with Gasteiger partial charge in [0.2, 0.25) is 0 Å². The van der Waals surface area contributed by atoms with Gasteiger partial charge in [0, 0.05) is 19.0 Å². The van der Waals surface area contributed by atoms with Crippen molar-refractivity contribution in [2.24, 2.45) is 0 Å². The van der Waals surface area contributed by atoms with Crippen molar-refractivity contribution >= 4 is 23.4 Å². The van der Waals surface area contributed by atoms with E-state index in [0.717, 1.165) is 12.8 Å². The number of rotatable bonds is 6. The monoisotopic (exact) mass is 401 g/mol. The second kappa shape index (κ2) is 7.95. The SMILES string of the molecule is CCCCOC(=O)[C@@H]1CCc2c(Cl)nc(N3CC(c4ccccc4)C3)c(=O)n21. The fourth-order valence-corrected chi connectivity index (χ4v) is 4.19. The molecule has 0 radical (unpaired) electrons. The number of hydrogen-bond donors (Lipinski definition) is 0. The summed E-state index contributed by atoms with van der Waals surface area (Å²) in [4.78, 5) is 31.9. The number of benzene rings is 1. The molecule has 1 aromatic heterocycles. The minimum absolute atomic E-state index is 0.249. The quantitative estimate of drug-likeness (QED) is 0.548. The van der Waals surface area contributed by atoms with E-state index in [-0.39, 0.29) is 11.5 Å². The van der Waals surface area contributed by atoms with Gasteiger partial charge < -0.3 is 9.64 Å². The molecule has 4 rings (SSSR count). The van der Waals surface area contributed by atoms with Crippen LogP contribution in [0.4, 0.5) is 5.82 Å². The van der Waals surface area contributed by atoms with Crippen molar-refractivity contribution in [3.05, 3.63) is 57.1 Å². The second-order valence-electron chi connectivity index (χ2n) is 7.44. The van der Waals surface area contributed by atoms with Gasteiger partial charge in [0.05, 0.1) is 12.3 Å². The number of hydrogen-bond acceptors (Lipinski definition) is 5. The minimum atomic E-state index is -0.607. The van der Waals surface area contributed by atoms with Crippen molar-refractivity contribution in [3.8, 4) is 0 Å². The van der Waals surface area contributed by atoms with Gasteiger partial charge >= 0.3 is 5.97 Å². The first-order chi connectivity index (χ1) is 13.6. The molecule has 1 aromatic carbocycles. The third-order valence-electron chi connectivity index (χ3n) is 5.58. The third kappa shape index (κ3) is 3.41. The van der Waals surface area contributed by atoms with Crippen molar-refractivity contribution in [1.82, 2.24) is 9.55 Å². The molecule has 3 heterocycles. The summed E-state index contributed by atoms with van der Waals surface area (Å²) >= 11 is 6.37. The van der Waals surface area contributed by atoms with Crippen LogP contribution in [0.2, 0.25) is 5.15 Å². The second-order valence-corrected chi connectivity index (χ2v) is 7.79. The first-order valence-corrected chi connectivity index (χ1v) is 10.3. The lowest BCUT2D eigenvalue weighted by atomic mass is 9.91. The Bertz CT molecular complexity index is 922. The van der Waals surface area contributed by atoms with E-state index >= 15 is 0 Å². The zero-order chi connectivity index (χ0) is 19.7. The van der Waals surface area contributed by atoms with Crippen LogP contribution in [-0.2, 0) is 16.0 Å². The maximum atomic E-state index is 13.1. The first-order valence-electron chi connectivity index (χ1n) is 9.87. The van der Waals surface area contributed by atoms with Crippen LogP contribution < -0.4 is 10.5 Å². The Balaban J connectivity index is 1.55. The molecule has 6 nitrogen and oxygen atoms in total. The highest BCUT2D eigenvalue weighted by Gasteiger charge is 2.37. The van der Waals surface area contributed by atoms with E-state index < -0.39 is 6.04 Å². The highest BCUT2D eigenvalue weighted by atomic mass is 35.5. The van der Waals surface area contributed by atoms with Gasteiger partial charge in [0.15, 0.2) is 11.0 Å². The van der Waals surface area contributed by atoms with E-state index in [0.29, 0.717) is 55.1 Å². The minimum Gasteiger partial charge on any atom is -0.464 e. The van der Waals surface area contributed by atoms with Gasteiger partial charge in [-0.05, 0) is 24.8 Å². The lowest BCUT2D eigenvalue weighted by Crippen LogP contribution is -2.49. The molecule has 1 saturated heterocycles. The van der Waals surface area contributed by atoms with Crippen LogP contribution >= 0.6 is 11.6 Å². The average molecular weight is 402 g/mol. The summed E-state index contributed by atoms with van der Waals surface area (Å²) in [6.07, 6.45) is 2.85. The van der Waals surface area contributed by atoms with Gasteiger partial charge in [0.1, 0.15) is 6.04 Å². The van der Waals surface area contributed by atoms with Crippen molar-refractivity contribution in [2.45, 2.75) is 44.6 Å². The molecule has 0 N–H and O–H groups in total. The van der Waals surface area contributed by atoms with Gasteiger partial charge in [-0.3, -0.25) is 9.36 Å². The fraction of sp³-hybridized carbons (Fsp3) is 0.476. The molecule has 0 saturated carbocycles. The Morgan fingerprint density at radius 1 is 1.29 bits per heavy atom. The summed E-state index contributed by atoms with van der Waals surface area (Å²) < 4.78 is 6.87. The van der Waals surface area contributed by atoms with Crippen LogP contribution in [0.5, 0.6) is 0 Å². The van der Waals surface area contributed by atoms with Gasteiger partial charge in [-0.25, -0.2) is 9.78 Å². The van der Waals surface area contributed by atoms with Crippen molar-refractivity contribution in [3.63, 3.8) is 0 Å². The Morgan fingerprint density at radius 2 is 2.04 bits per heavy atom. The molecule has 2 aliphatic rings. The maximum absolute atomic E-state index is 13.1. The lowest BCUT2D eigenvalue weighted by Gasteiger charge is -2.40. The van der Waals surface area contributed by atoms with Crippen LogP contribution in [0.25, 0.3) is 0 Å². The maximum Gasteiger partial charge on any atom is 0.329 e. The average Bonchev–Trinajstić information content (AvgIpc) is 3.11. The number of carbonyl (C=O) groups is 1. The van der Waals surface area contributed by atoms with Crippen LogP contribution in [0.15, 0.2) is 35.1 Å². The van der Waals surface area contributed by atoms with Gasteiger partial charge in [-0.15, -0.1) is 0 Å². The molecule has 0 aliphatic carbocycles. The molecule has 2 aromatic rings. The largest absolute Gasteiger partial charge is 0.464 e. The highest BCUT2D eigenvalue weighted by molar-refractivity contribution is 6.30. The molecule has 1 fully saturated rings. The smallest absolute Gasteiger partial charge is 0.329 e. The number of nitrogens with zero attached hydrogens (tertiary/aromatic N) is 3. The molecule has 0 unspecified atom stereocenters. The van der Waals surface area contributed by atoms with Gasteiger partial charge in [0.25, 0.3) is 5.56 Å². The molecular weight excluding hydrogens is 378 g/mol. The molecular formula is C21H24ClN3O3. The topological polar surface area (TPSA) is 64.4 Å². The van der Waals surface area contributed by atoms with E-state index in [4.69, 9.17) is 16.3 Å². The molecule has 1 atom stereocenters. The normalized spacial score (nSPS) is 18.6. The Hall–Kier alpha value is -2.34. The summed E-state index contributed by atoms with van der Waals surface area (Å²) in [6.45, 7) is 3.85. The van der Waals surface area contributed by atoms with Crippen LogP contribution in [0.3, 0.4) is 0 Å². The van der Waals surface area contributed by atoms with E-state index in [1.54, 1.807) is 0 Å². The molecule has 28 heavy (non-hydrogen) atoms. The summed E-state index contributed by atoms with van der Waals surface area (Å²) in [7, 11) is 0. The summed E-state index contributed by atoms with van der Waals surface area (Å²) in [5.74, 6) is 0.344. The number of unbranched alkanes of at least 4 members (excludes halogenated alkanes) is 1. The Kier molecular flexibility index (Phi) is 5.40. The zero-order valence-corrected chi connectivity index (χ0v) is 16.7. The number of aromatic nitrogens is 2. The number of fused-ring (bicyclic) bond motifs is 1. The van der Waals surface area contributed by atoms with Crippen molar-refractivity contribution in [2.75, 3.05) is 24.6 Å². The zero-order valence-electron chi connectivity index (χ0n) is 15.9. The Labute approximate surface area is 169 Å². The van der Waals surface area contributed by atoms with Gasteiger partial charge in [-0.1, -0.05) is 55.3 Å². The molecule has 0 amide bonds. The number of ether oxygens (including phenoxy) is 1. The molecule has 148 valence electrons. The lowest BCUT2D eigenvalue weighted by molar-refractivity contribution is -0.147. The molecule has 2 aliphatic heterocycles. The summed E-state index contributed by atoms with van der Waals surface area (Å²) in [6, 6.07) is 9.62. The van der Waals surface area contributed by atoms with Crippen LogP contribution in [0.1, 0.15) is 49.4 Å². The number of esters is 1. The number of halogens is 1. The van der Waals surface area contributed by atoms with Crippen LogP contribution in [-0.4, -0.2) is 35.2 Å². The van der Waals surface area contributed by atoms with Crippen molar-refractivity contribution in [1.29, 1.82) is 0 Å². The molecule has 0 bridgehead atoms. The van der Waals surface area contributed by atoms with Crippen molar-refractivity contribution < 1.29 is 9.53 Å². The fourth-order valence-electron chi connectivity index (χ4n) is 3.92. The predicted molar refractivity (Wildman–Crippen MR) is 108 cm³/mol. The molecule has 0 spiro atoms. The summed E-state index contributed by atoms with van der Waals surface area (Å²) in [5, 5.41) is 0.307. The first kappa shape index (κ1) is 19.0. The number of anilines is 1. The van der Waals surface area contributed by atoms with Gasteiger partial charge in [-0.2, -0.15) is 0 Å². The standard InChI is InChI=1S/C21H24ClN3O3/c1-2-3-11-28-21(27)17-10-9-16-18(22)23-19(20(26)25(16)17)24-12-15(13-24)14-7-5-4-6-8-14/h4-8,15,17H,2-3,9-13H2,1H3/t17-/m0/s1. The van der Waals surface area contributed by atoms with Crippen LogP contribution in [0, 0.1) is 0 Å². The third-order valence-corrected chi connectivity index (χ3v) is 5.88. The number of carbonyl (C=O) groups excluding carboxylic acids is 1. The highest BCUT2D eigenvalue weighted by Crippen LogP contribution is 2.33. The summed E-state index contributed by atoms with van der Waals surface area (Å²) in [5.41, 5.74) is 1.64.